The SMILES string of the molecule is COCCC(CCOC)N(CCOC)CCOC. The summed E-state index contributed by atoms with van der Waals surface area (Å²) in [6.45, 7) is 4.84. The Labute approximate surface area is 111 Å². The summed E-state index contributed by atoms with van der Waals surface area (Å²) in [5, 5.41) is 0. The van der Waals surface area contributed by atoms with Crippen LogP contribution >= 0.6 is 0 Å². The molecule has 5 nitrogen and oxygen atoms in total. The molecule has 0 aromatic heterocycles. The van der Waals surface area contributed by atoms with Crippen molar-refractivity contribution in [2.45, 2.75) is 18.9 Å². The van der Waals surface area contributed by atoms with Crippen LogP contribution in [0.1, 0.15) is 12.8 Å². The molecule has 110 valence electrons. The van der Waals surface area contributed by atoms with Crippen LogP contribution in [0.4, 0.5) is 0 Å². The molecule has 0 spiro atoms. The highest BCUT2D eigenvalue weighted by Gasteiger charge is 2.17. The van der Waals surface area contributed by atoms with Gasteiger partial charge in [0.25, 0.3) is 0 Å². The van der Waals surface area contributed by atoms with Crippen LogP contribution in [0.5, 0.6) is 0 Å². The molecule has 0 fully saturated rings. The first-order valence-corrected chi connectivity index (χ1v) is 6.49. The fraction of sp³-hybridized carbons (Fsp3) is 1.00. The van der Waals surface area contributed by atoms with Crippen molar-refractivity contribution in [2.24, 2.45) is 0 Å². The van der Waals surface area contributed by atoms with Crippen LogP contribution in [0.2, 0.25) is 0 Å². The van der Waals surface area contributed by atoms with Gasteiger partial charge in [0, 0.05) is 60.8 Å². The number of nitrogens with zero attached hydrogens (tertiary/aromatic N) is 1. The van der Waals surface area contributed by atoms with Crippen LogP contribution in [-0.2, 0) is 18.9 Å². The first-order valence-electron chi connectivity index (χ1n) is 6.49. The first-order chi connectivity index (χ1) is 8.79. The smallest absolute Gasteiger partial charge is 0.0589 e. The predicted molar refractivity (Wildman–Crippen MR) is 72.1 cm³/mol. The zero-order valence-electron chi connectivity index (χ0n) is 12.3. The van der Waals surface area contributed by atoms with Gasteiger partial charge in [-0.05, 0) is 12.8 Å². The van der Waals surface area contributed by atoms with Crippen LogP contribution in [0.25, 0.3) is 0 Å². The standard InChI is InChI=1S/C13H29NO4/c1-15-9-5-13(6-10-16-2)14(7-11-17-3)8-12-18-4/h13H,5-12H2,1-4H3. The monoisotopic (exact) mass is 263 g/mol. The second kappa shape index (κ2) is 13.2. The van der Waals surface area contributed by atoms with Crippen LogP contribution in [0, 0.1) is 0 Å². The van der Waals surface area contributed by atoms with Crippen molar-refractivity contribution in [3.05, 3.63) is 0 Å². The molecule has 0 aliphatic heterocycles. The van der Waals surface area contributed by atoms with Crippen molar-refractivity contribution in [2.75, 3.05) is 68.0 Å². The largest absolute Gasteiger partial charge is 0.385 e. The van der Waals surface area contributed by atoms with E-state index >= 15 is 0 Å². The van der Waals surface area contributed by atoms with Crippen molar-refractivity contribution in [3.63, 3.8) is 0 Å². The number of ether oxygens (including phenoxy) is 4. The van der Waals surface area contributed by atoms with E-state index in [9.17, 15) is 0 Å². The average Bonchev–Trinajstić information content (AvgIpc) is 2.40. The van der Waals surface area contributed by atoms with Crippen LogP contribution < -0.4 is 0 Å². The highest BCUT2D eigenvalue weighted by atomic mass is 16.5. The maximum Gasteiger partial charge on any atom is 0.0589 e. The van der Waals surface area contributed by atoms with E-state index in [1.165, 1.54) is 0 Å². The van der Waals surface area contributed by atoms with Gasteiger partial charge in [-0.25, -0.2) is 0 Å². The van der Waals surface area contributed by atoms with Crippen molar-refractivity contribution in [1.82, 2.24) is 4.90 Å². The van der Waals surface area contributed by atoms with Gasteiger partial charge in [-0.1, -0.05) is 0 Å². The van der Waals surface area contributed by atoms with Crippen LogP contribution in [0.3, 0.4) is 0 Å². The van der Waals surface area contributed by atoms with Gasteiger partial charge in [-0.2, -0.15) is 0 Å². The molecule has 0 aromatic carbocycles. The van der Waals surface area contributed by atoms with Crippen molar-refractivity contribution in [1.29, 1.82) is 0 Å². The topological polar surface area (TPSA) is 40.2 Å². The summed E-state index contributed by atoms with van der Waals surface area (Å²) in [6.07, 6.45) is 2.01. The van der Waals surface area contributed by atoms with Crippen molar-refractivity contribution >= 4 is 0 Å². The lowest BCUT2D eigenvalue weighted by Crippen LogP contribution is -2.41. The second-order valence-corrected chi connectivity index (χ2v) is 4.24. The molecule has 0 N–H and O–H groups in total. The highest BCUT2D eigenvalue weighted by Crippen LogP contribution is 2.09. The first kappa shape index (κ1) is 17.8. The Balaban J connectivity index is 4.27. The average molecular weight is 263 g/mol. The number of methoxy groups -OCH3 is 4. The molecule has 0 amide bonds. The molecular weight excluding hydrogens is 234 g/mol. The summed E-state index contributed by atoms with van der Waals surface area (Å²) in [6, 6.07) is 0.454. The Kier molecular flexibility index (Phi) is 13.1. The van der Waals surface area contributed by atoms with E-state index in [-0.39, 0.29) is 0 Å². The molecule has 5 heteroatoms. The maximum atomic E-state index is 5.18. The maximum absolute atomic E-state index is 5.18. The summed E-state index contributed by atoms with van der Waals surface area (Å²) in [5.41, 5.74) is 0. The van der Waals surface area contributed by atoms with Gasteiger partial charge < -0.3 is 18.9 Å². The Morgan fingerprint density at radius 3 is 1.39 bits per heavy atom. The molecule has 0 saturated carbocycles. The molecule has 0 aromatic rings. The van der Waals surface area contributed by atoms with Crippen LogP contribution in [0.15, 0.2) is 0 Å². The van der Waals surface area contributed by atoms with E-state index < -0.39 is 0 Å². The molecule has 0 atom stereocenters. The quantitative estimate of drug-likeness (QED) is 0.496. The minimum absolute atomic E-state index is 0.454. The van der Waals surface area contributed by atoms with Crippen molar-refractivity contribution < 1.29 is 18.9 Å². The Hall–Kier alpha value is -0.200. The molecule has 0 saturated heterocycles. The normalized spacial score (nSPS) is 11.7. The van der Waals surface area contributed by atoms with E-state index in [0.29, 0.717) is 6.04 Å². The van der Waals surface area contributed by atoms with Gasteiger partial charge >= 0.3 is 0 Å². The molecule has 0 aliphatic rings. The molecule has 0 bridgehead atoms. The van der Waals surface area contributed by atoms with Crippen LogP contribution in [-0.4, -0.2) is 78.9 Å². The van der Waals surface area contributed by atoms with Gasteiger partial charge in [0.15, 0.2) is 0 Å². The Morgan fingerprint density at radius 2 is 1.06 bits per heavy atom. The van der Waals surface area contributed by atoms with E-state index in [1.54, 1.807) is 28.4 Å². The highest BCUT2D eigenvalue weighted by molar-refractivity contribution is 4.72. The molecule has 0 heterocycles. The zero-order chi connectivity index (χ0) is 13.6. The lowest BCUT2D eigenvalue weighted by atomic mass is 10.1. The third-order valence-electron chi connectivity index (χ3n) is 2.99. The molecule has 0 rings (SSSR count). The molecule has 0 radical (unpaired) electrons. The summed E-state index contributed by atoms with van der Waals surface area (Å²) in [4.78, 5) is 2.39. The lowest BCUT2D eigenvalue weighted by Gasteiger charge is -2.31. The minimum Gasteiger partial charge on any atom is -0.385 e. The third-order valence-corrected chi connectivity index (χ3v) is 2.99. The minimum atomic E-state index is 0.454. The summed E-state index contributed by atoms with van der Waals surface area (Å²) in [7, 11) is 6.94. The van der Waals surface area contributed by atoms with E-state index in [1.807, 2.05) is 0 Å². The summed E-state index contributed by atoms with van der Waals surface area (Å²) >= 11 is 0. The van der Waals surface area contributed by atoms with E-state index in [4.69, 9.17) is 18.9 Å². The number of rotatable bonds is 13. The predicted octanol–water partition coefficient (Wildman–Crippen LogP) is 1.02. The summed E-state index contributed by atoms with van der Waals surface area (Å²) in [5.74, 6) is 0. The van der Waals surface area contributed by atoms with Gasteiger partial charge in [0.05, 0.1) is 13.2 Å². The number of hydrogen-bond acceptors (Lipinski definition) is 5. The van der Waals surface area contributed by atoms with Gasteiger partial charge in [0.1, 0.15) is 0 Å². The molecule has 0 unspecified atom stereocenters. The molecular formula is C13H29NO4. The van der Waals surface area contributed by atoms with Gasteiger partial charge in [-0.15, -0.1) is 0 Å². The number of hydrogen-bond donors (Lipinski definition) is 0. The van der Waals surface area contributed by atoms with Crippen molar-refractivity contribution in [3.8, 4) is 0 Å². The lowest BCUT2D eigenvalue weighted by molar-refractivity contribution is 0.0566. The fourth-order valence-electron chi connectivity index (χ4n) is 1.91. The fourth-order valence-corrected chi connectivity index (χ4v) is 1.91. The van der Waals surface area contributed by atoms with Gasteiger partial charge in [-0.3, -0.25) is 4.90 Å². The second-order valence-electron chi connectivity index (χ2n) is 4.24. The summed E-state index contributed by atoms with van der Waals surface area (Å²) < 4.78 is 20.7. The Bertz CT molecular complexity index is 135. The molecule has 0 aliphatic carbocycles. The Morgan fingerprint density at radius 1 is 0.667 bits per heavy atom. The van der Waals surface area contributed by atoms with Gasteiger partial charge in [0.2, 0.25) is 0 Å². The van der Waals surface area contributed by atoms with E-state index in [0.717, 1.165) is 52.4 Å². The third kappa shape index (κ3) is 8.83. The molecule has 18 heavy (non-hydrogen) atoms. The van der Waals surface area contributed by atoms with E-state index in [2.05, 4.69) is 4.90 Å². The zero-order valence-corrected chi connectivity index (χ0v) is 12.3.